The minimum absolute atomic E-state index is 0.345. The Morgan fingerprint density at radius 1 is 1.17 bits per heavy atom. The van der Waals surface area contributed by atoms with Gasteiger partial charge in [0.2, 0.25) is 0 Å². The first kappa shape index (κ1) is 15.0. The van der Waals surface area contributed by atoms with Crippen molar-refractivity contribution in [2.45, 2.75) is 0 Å². The fourth-order valence-corrected chi connectivity index (χ4v) is 2.63. The lowest BCUT2D eigenvalue weighted by atomic mass is 10.2. The lowest BCUT2D eigenvalue weighted by Crippen LogP contribution is -2.19. The first-order valence-corrected chi connectivity index (χ1v) is 7.70. The van der Waals surface area contributed by atoms with Crippen LogP contribution in [0.15, 0.2) is 54.2 Å². The highest BCUT2D eigenvalue weighted by molar-refractivity contribution is 7.14. The highest BCUT2D eigenvalue weighted by Gasteiger charge is 2.08. The number of nitrogens with one attached hydrogen (secondary N) is 2. The zero-order chi connectivity index (χ0) is 16.1. The van der Waals surface area contributed by atoms with E-state index < -0.39 is 0 Å². The summed E-state index contributed by atoms with van der Waals surface area (Å²) in [5.41, 5.74) is 2.36. The van der Waals surface area contributed by atoms with E-state index in [1.54, 1.807) is 43.8 Å². The molecular weight excluding hydrogens is 312 g/mol. The van der Waals surface area contributed by atoms with Crippen LogP contribution in [0.5, 0.6) is 5.75 Å². The minimum Gasteiger partial charge on any atom is -0.497 e. The van der Waals surface area contributed by atoms with E-state index in [0.29, 0.717) is 10.8 Å². The molecule has 23 heavy (non-hydrogen) atoms. The Bertz CT molecular complexity index is 787. The summed E-state index contributed by atoms with van der Waals surface area (Å²) in [6, 6.07) is 10.5. The van der Waals surface area contributed by atoms with Crippen LogP contribution < -0.4 is 15.4 Å². The zero-order valence-corrected chi connectivity index (χ0v) is 13.1. The molecule has 0 atom stereocenters. The summed E-state index contributed by atoms with van der Waals surface area (Å²) < 4.78 is 5.07. The summed E-state index contributed by atoms with van der Waals surface area (Å²) in [7, 11) is 1.59. The van der Waals surface area contributed by atoms with Crippen LogP contribution in [0.2, 0.25) is 0 Å². The summed E-state index contributed by atoms with van der Waals surface area (Å²) >= 11 is 1.36. The number of hydrogen-bond acceptors (Lipinski definition) is 5. The van der Waals surface area contributed by atoms with E-state index in [4.69, 9.17) is 4.74 Å². The minimum atomic E-state index is -0.345. The number of carbonyl (C=O) groups excluding carboxylic acids is 1. The van der Waals surface area contributed by atoms with Crippen LogP contribution in [0, 0.1) is 0 Å². The van der Waals surface area contributed by atoms with Crippen molar-refractivity contribution in [1.29, 1.82) is 0 Å². The number of urea groups is 1. The van der Waals surface area contributed by atoms with Gasteiger partial charge in [-0.2, -0.15) is 0 Å². The Morgan fingerprint density at radius 2 is 2.00 bits per heavy atom. The van der Waals surface area contributed by atoms with Gasteiger partial charge in [0.05, 0.1) is 12.8 Å². The number of nitrogens with zero attached hydrogens (tertiary/aromatic N) is 2. The van der Waals surface area contributed by atoms with Crippen LogP contribution >= 0.6 is 11.3 Å². The predicted octanol–water partition coefficient (Wildman–Crippen LogP) is 3.86. The molecule has 0 aliphatic heterocycles. The van der Waals surface area contributed by atoms with Crippen LogP contribution in [-0.4, -0.2) is 23.1 Å². The highest BCUT2D eigenvalue weighted by atomic mass is 32.1. The van der Waals surface area contributed by atoms with Crippen molar-refractivity contribution in [3.63, 3.8) is 0 Å². The maximum Gasteiger partial charge on any atom is 0.325 e. The number of methoxy groups -OCH3 is 1. The zero-order valence-electron chi connectivity index (χ0n) is 12.3. The van der Waals surface area contributed by atoms with Crippen LogP contribution in [0.25, 0.3) is 11.3 Å². The number of amides is 2. The maximum atomic E-state index is 12.0. The Morgan fingerprint density at radius 3 is 2.70 bits per heavy atom. The van der Waals surface area contributed by atoms with Gasteiger partial charge in [0.15, 0.2) is 5.13 Å². The third-order valence-electron chi connectivity index (χ3n) is 3.03. The number of rotatable bonds is 4. The fraction of sp³-hybridized carbons (Fsp3) is 0.0625. The third kappa shape index (κ3) is 3.83. The van der Waals surface area contributed by atoms with Crippen molar-refractivity contribution in [2.75, 3.05) is 17.7 Å². The molecule has 2 N–H and O–H groups in total. The molecule has 116 valence electrons. The number of anilines is 2. The molecule has 0 saturated heterocycles. The molecule has 0 bridgehead atoms. The van der Waals surface area contributed by atoms with Crippen molar-refractivity contribution in [2.24, 2.45) is 0 Å². The smallest absolute Gasteiger partial charge is 0.325 e. The second-order valence-electron chi connectivity index (χ2n) is 4.59. The molecule has 3 rings (SSSR count). The standard InChI is InChI=1S/C16H14N4O2S/c1-22-13-6-4-12(5-7-13)18-15(21)20-16-19-14(10-23-16)11-3-2-8-17-9-11/h2-10H,1H3,(H2,18,19,20,21). The number of pyridine rings is 1. The fourth-order valence-electron chi connectivity index (χ4n) is 1.91. The molecule has 0 radical (unpaired) electrons. The average molecular weight is 326 g/mol. The normalized spacial score (nSPS) is 10.1. The topological polar surface area (TPSA) is 76.1 Å². The molecule has 0 unspecified atom stereocenters. The van der Waals surface area contributed by atoms with Gasteiger partial charge in [-0.25, -0.2) is 9.78 Å². The monoisotopic (exact) mass is 326 g/mol. The second kappa shape index (κ2) is 6.89. The van der Waals surface area contributed by atoms with Crippen LogP contribution in [0.1, 0.15) is 0 Å². The van der Waals surface area contributed by atoms with Gasteiger partial charge < -0.3 is 10.1 Å². The quantitative estimate of drug-likeness (QED) is 0.763. The van der Waals surface area contributed by atoms with E-state index in [-0.39, 0.29) is 6.03 Å². The summed E-state index contributed by atoms with van der Waals surface area (Å²) in [4.78, 5) is 20.4. The van der Waals surface area contributed by atoms with E-state index in [1.165, 1.54) is 11.3 Å². The van der Waals surface area contributed by atoms with Gasteiger partial charge in [-0.1, -0.05) is 0 Å². The number of thiazole rings is 1. The lowest BCUT2D eigenvalue weighted by Gasteiger charge is -2.06. The third-order valence-corrected chi connectivity index (χ3v) is 3.79. The molecule has 3 aromatic rings. The summed E-state index contributed by atoms with van der Waals surface area (Å²) in [5, 5.41) is 7.85. The SMILES string of the molecule is COc1ccc(NC(=O)Nc2nc(-c3cccnc3)cs2)cc1. The van der Waals surface area contributed by atoms with Crippen molar-refractivity contribution < 1.29 is 9.53 Å². The van der Waals surface area contributed by atoms with Gasteiger partial charge in [0.1, 0.15) is 5.75 Å². The van der Waals surface area contributed by atoms with Gasteiger partial charge in [-0.3, -0.25) is 10.3 Å². The molecule has 0 aliphatic rings. The number of aromatic nitrogens is 2. The molecule has 2 amide bonds. The largest absolute Gasteiger partial charge is 0.497 e. The van der Waals surface area contributed by atoms with Crippen molar-refractivity contribution >= 4 is 28.2 Å². The summed E-state index contributed by atoms with van der Waals surface area (Å²) in [5.74, 6) is 0.733. The van der Waals surface area contributed by atoms with Gasteiger partial charge >= 0.3 is 6.03 Å². The summed E-state index contributed by atoms with van der Waals surface area (Å²) in [6.45, 7) is 0. The molecule has 0 spiro atoms. The Hall–Kier alpha value is -2.93. The number of ether oxygens (including phenoxy) is 1. The van der Waals surface area contributed by atoms with Crippen molar-refractivity contribution in [3.05, 3.63) is 54.2 Å². The van der Waals surface area contributed by atoms with Crippen LogP contribution in [0.4, 0.5) is 15.6 Å². The molecule has 6 nitrogen and oxygen atoms in total. The lowest BCUT2D eigenvalue weighted by molar-refractivity contribution is 0.262. The van der Waals surface area contributed by atoms with Gasteiger partial charge in [0.25, 0.3) is 0 Å². The van der Waals surface area contributed by atoms with E-state index in [0.717, 1.165) is 17.0 Å². The van der Waals surface area contributed by atoms with Gasteiger partial charge in [-0.15, -0.1) is 11.3 Å². The number of carbonyl (C=O) groups is 1. The molecular formula is C16H14N4O2S. The second-order valence-corrected chi connectivity index (χ2v) is 5.45. The molecule has 0 saturated carbocycles. The summed E-state index contributed by atoms with van der Waals surface area (Å²) in [6.07, 6.45) is 3.44. The Kier molecular flexibility index (Phi) is 4.49. The highest BCUT2D eigenvalue weighted by Crippen LogP contribution is 2.24. The maximum absolute atomic E-state index is 12.0. The van der Waals surface area contributed by atoms with Crippen molar-refractivity contribution in [3.8, 4) is 17.0 Å². The Labute approximate surface area is 137 Å². The van der Waals surface area contributed by atoms with E-state index in [1.807, 2.05) is 17.5 Å². The van der Waals surface area contributed by atoms with Crippen LogP contribution in [-0.2, 0) is 0 Å². The van der Waals surface area contributed by atoms with E-state index >= 15 is 0 Å². The molecule has 0 aliphatic carbocycles. The van der Waals surface area contributed by atoms with E-state index in [9.17, 15) is 4.79 Å². The molecule has 1 aromatic carbocycles. The van der Waals surface area contributed by atoms with Gasteiger partial charge in [-0.05, 0) is 36.4 Å². The first-order chi connectivity index (χ1) is 11.2. The molecule has 7 heteroatoms. The number of benzene rings is 1. The Balaban J connectivity index is 1.63. The van der Waals surface area contributed by atoms with Crippen molar-refractivity contribution in [1.82, 2.24) is 9.97 Å². The molecule has 0 fully saturated rings. The number of hydrogen-bond donors (Lipinski definition) is 2. The molecule has 2 heterocycles. The molecule has 2 aromatic heterocycles. The van der Waals surface area contributed by atoms with E-state index in [2.05, 4.69) is 20.6 Å². The van der Waals surface area contributed by atoms with Crippen LogP contribution in [0.3, 0.4) is 0 Å². The van der Waals surface area contributed by atoms with Gasteiger partial charge in [0, 0.05) is 29.0 Å². The predicted molar refractivity (Wildman–Crippen MR) is 91.0 cm³/mol. The first-order valence-electron chi connectivity index (χ1n) is 6.82. The average Bonchev–Trinajstić information content (AvgIpc) is 3.04.